The Labute approximate surface area is 106 Å². The summed E-state index contributed by atoms with van der Waals surface area (Å²) < 4.78 is 0. The molecule has 0 aromatic heterocycles. The number of fused-ring (bicyclic) bond motifs is 1. The predicted octanol–water partition coefficient (Wildman–Crippen LogP) is 2.54. The molecule has 0 spiro atoms. The Hall–Kier alpha value is -2.16. The van der Waals surface area contributed by atoms with E-state index in [0.717, 1.165) is 25.2 Å². The van der Waals surface area contributed by atoms with Gasteiger partial charge in [-0.2, -0.15) is 0 Å². The molecule has 0 atom stereocenters. The maximum absolute atomic E-state index is 9.94. The highest BCUT2D eigenvalue weighted by Crippen LogP contribution is 2.32. The molecular weight excluding hydrogens is 224 g/mol. The van der Waals surface area contributed by atoms with E-state index in [1.807, 2.05) is 6.07 Å². The molecule has 0 unspecified atom stereocenters. The molecule has 0 amide bonds. The zero-order chi connectivity index (χ0) is 12.5. The minimum Gasteiger partial charge on any atom is -0.506 e. The SMILES string of the molecule is Nc1ccc(O)c(N2CCc3ccccc3C2)c1. The average molecular weight is 240 g/mol. The van der Waals surface area contributed by atoms with Gasteiger partial charge in [0.25, 0.3) is 0 Å². The van der Waals surface area contributed by atoms with Gasteiger partial charge in [0.1, 0.15) is 5.75 Å². The van der Waals surface area contributed by atoms with Crippen LogP contribution in [0, 0.1) is 0 Å². The molecular formula is C15H16N2O. The summed E-state index contributed by atoms with van der Waals surface area (Å²) in [6.45, 7) is 1.74. The highest BCUT2D eigenvalue weighted by molar-refractivity contribution is 5.65. The van der Waals surface area contributed by atoms with Crippen LogP contribution < -0.4 is 10.6 Å². The van der Waals surface area contributed by atoms with E-state index >= 15 is 0 Å². The lowest BCUT2D eigenvalue weighted by molar-refractivity contribution is 0.473. The first-order valence-corrected chi connectivity index (χ1v) is 6.14. The fourth-order valence-electron chi connectivity index (χ4n) is 2.50. The lowest BCUT2D eigenvalue weighted by atomic mass is 9.99. The summed E-state index contributed by atoms with van der Waals surface area (Å²) in [4.78, 5) is 2.17. The van der Waals surface area contributed by atoms with Crippen molar-refractivity contribution in [1.29, 1.82) is 0 Å². The number of anilines is 2. The highest BCUT2D eigenvalue weighted by Gasteiger charge is 2.18. The molecule has 3 heteroatoms. The van der Waals surface area contributed by atoms with Crippen LogP contribution >= 0.6 is 0 Å². The maximum Gasteiger partial charge on any atom is 0.139 e. The molecule has 0 bridgehead atoms. The van der Waals surface area contributed by atoms with Gasteiger partial charge in [0.15, 0.2) is 0 Å². The molecule has 1 aliphatic rings. The van der Waals surface area contributed by atoms with Crippen LogP contribution in [0.2, 0.25) is 0 Å². The van der Waals surface area contributed by atoms with Crippen molar-refractivity contribution >= 4 is 11.4 Å². The maximum atomic E-state index is 9.94. The van der Waals surface area contributed by atoms with Crippen LogP contribution in [0.1, 0.15) is 11.1 Å². The van der Waals surface area contributed by atoms with Crippen molar-refractivity contribution in [3.63, 3.8) is 0 Å². The van der Waals surface area contributed by atoms with Crippen LogP contribution in [0.15, 0.2) is 42.5 Å². The van der Waals surface area contributed by atoms with Gasteiger partial charge in [-0.15, -0.1) is 0 Å². The summed E-state index contributed by atoms with van der Waals surface area (Å²) in [5, 5.41) is 9.94. The largest absolute Gasteiger partial charge is 0.506 e. The quantitative estimate of drug-likeness (QED) is 0.595. The number of rotatable bonds is 1. The standard InChI is InChI=1S/C15H16N2O/c16-13-5-6-15(18)14(9-13)17-8-7-11-3-1-2-4-12(11)10-17/h1-6,9,18H,7-8,10,16H2. The average Bonchev–Trinajstić information content (AvgIpc) is 2.41. The molecule has 2 aromatic carbocycles. The van der Waals surface area contributed by atoms with E-state index in [1.54, 1.807) is 12.1 Å². The first-order chi connectivity index (χ1) is 8.74. The molecule has 92 valence electrons. The fourth-order valence-corrected chi connectivity index (χ4v) is 2.50. The van der Waals surface area contributed by atoms with Gasteiger partial charge in [-0.25, -0.2) is 0 Å². The normalized spacial score (nSPS) is 14.3. The van der Waals surface area contributed by atoms with E-state index in [2.05, 4.69) is 29.2 Å². The van der Waals surface area contributed by atoms with Crippen LogP contribution in [-0.2, 0) is 13.0 Å². The van der Waals surface area contributed by atoms with Gasteiger partial charge in [0, 0.05) is 18.8 Å². The summed E-state index contributed by atoms with van der Waals surface area (Å²) in [6, 6.07) is 13.7. The van der Waals surface area contributed by atoms with Crippen LogP contribution in [0.25, 0.3) is 0 Å². The Morgan fingerprint density at radius 2 is 1.83 bits per heavy atom. The zero-order valence-corrected chi connectivity index (χ0v) is 10.1. The van der Waals surface area contributed by atoms with Gasteiger partial charge in [-0.05, 0) is 35.7 Å². The number of hydrogen-bond donors (Lipinski definition) is 2. The highest BCUT2D eigenvalue weighted by atomic mass is 16.3. The molecule has 1 heterocycles. The second-order valence-corrected chi connectivity index (χ2v) is 4.69. The first kappa shape index (κ1) is 11.0. The lowest BCUT2D eigenvalue weighted by Crippen LogP contribution is -2.30. The van der Waals surface area contributed by atoms with E-state index in [9.17, 15) is 5.11 Å². The number of phenols is 1. The third-order valence-electron chi connectivity index (χ3n) is 3.47. The Morgan fingerprint density at radius 3 is 2.67 bits per heavy atom. The van der Waals surface area contributed by atoms with Gasteiger partial charge in [0.05, 0.1) is 5.69 Å². The van der Waals surface area contributed by atoms with Crippen molar-refractivity contribution in [2.75, 3.05) is 17.2 Å². The van der Waals surface area contributed by atoms with E-state index in [0.29, 0.717) is 11.4 Å². The Balaban J connectivity index is 1.94. The smallest absolute Gasteiger partial charge is 0.139 e. The molecule has 1 aliphatic heterocycles. The number of nitrogen functional groups attached to an aromatic ring is 1. The van der Waals surface area contributed by atoms with Gasteiger partial charge in [-0.3, -0.25) is 0 Å². The zero-order valence-electron chi connectivity index (χ0n) is 10.1. The molecule has 18 heavy (non-hydrogen) atoms. The van der Waals surface area contributed by atoms with E-state index in [1.165, 1.54) is 11.1 Å². The first-order valence-electron chi connectivity index (χ1n) is 6.14. The van der Waals surface area contributed by atoms with Gasteiger partial charge in [0.2, 0.25) is 0 Å². The van der Waals surface area contributed by atoms with Crippen molar-refractivity contribution in [2.45, 2.75) is 13.0 Å². The number of hydrogen-bond acceptors (Lipinski definition) is 3. The molecule has 2 aromatic rings. The third kappa shape index (κ3) is 1.88. The van der Waals surface area contributed by atoms with Crippen molar-refractivity contribution in [3.05, 3.63) is 53.6 Å². The lowest BCUT2D eigenvalue weighted by Gasteiger charge is -2.31. The van der Waals surface area contributed by atoms with Crippen LogP contribution in [0.3, 0.4) is 0 Å². The molecule has 0 saturated carbocycles. The summed E-state index contributed by atoms with van der Waals surface area (Å²) in [5.41, 5.74) is 10.0. The monoisotopic (exact) mass is 240 g/mol. The van der Waals surface area contributed by atoms with Gasteiger partial charge < -0.3 is 15.7 Å². The number of nitrogens with zero attached hydrogens (tertiary/aromatic N) is 1. The summed E-state index contributed by atoms with van der Waals surface area (Å²) >= 11 is 0. The Kier molecular flexibility index (Phi) is 2.59. The van der Waals surface area contributed by atoms with Crippen molar-refractivity contribution in [1.82, 2.24) is 0 Å². The molecule has 3 rings (SSSR count). The number of nitrogens with two attached hydrogens (primary N) is 1. The van der Waals surface area contributed by atoms with Gasteiger partial charge >= 0.3 is 0 Å². The molecule has 0 saturated heterocycles. The van der Waals surface area contributed by atoms with Crippen LogP contribution in [-0.4, -0.2) is 11.7 Å². The third-order valence-corrected chi connectivity index (χ3v) is 3.47. The Bertz CT molecular complexity index is 580. The number of benzene rings is 2. The van der Waals surface area contributed by atoms with Crippen molar-refractivity contribution < 1.29 is 5.11 Å². The summed E-state index contributed by atoms with van der Waals surface area (Å²) in [7, 11) is 0. The number of aromatic hydroxyl groups is 1. The molecule has 0 aliphatic carbocycles. The predicted molar refractivity (Wildman–Crippen MR) is 73.7 cm³/mol. The second kappa shape index (κ2) is 4.26. The van der Waals surface area contributed by atoms with Gasteiger partial charge in [-0.1, -0.05) is 24.3 Å². The minimum absolute atomic E-state index is 0.295. The van der Waals surface area contributed by atoms with E-state index in [4.69, 9.17) is 5.73 Å². The topological polar surface area (TPSA) is 49.5 Å². The summed E-state index contributed by atoms with van der Waals surface area (Å²) in [5.74, 6) is 0.295. The molecule has 0 fully saturated rings. The van der Waals surface area contributed by atoms with Crippen LogP contribution in [0.5, 0.6) is 5.75 Å². The van der Waals surface area contributed by atoms with Crippen LogP contribution in [0.4, 0.5) is 11.4 Å². The number of phenolic OH excluding ortho intramolecular Hbond substituents is 1. The van der Waals surface area contributed by atoms with E-state index in [-0.39, 0.29) is 0 Å². The molecule has 3 nitrogen and oxygen atoms in total. The molecule has 0 radical (unpaired) electrons. The van der Waals surface area contributed by atoms with Crippen molar-refractivity contribution in [3.8, 4) is 5.75 Å². The summed E-state index contributed by atoms with van der Waals surface area (Å²) in [6.07, 6.45) is 1.00. The Morgan fingerprint density at radius 1 is 1.06 bits per heavy atom. The minimum atomic E-state index is 0.295. The van der Waals surface area contributed by atoms with E-state index < -0.39 is 0 Å². The van der Waals surface area contributed by atoms with Crippen molar-refractivity contribution in [2.24, 2.45) is 0 Å². The molecule has 3 N–H and O–H groups in total. The second-order valence-electron chi connectivity index (χ2n) is 4.69. The fraction of sp³-hybridized carbons (Fsp3) is 0.200.